The standard InChI is InChI=1S/C24H21N3O4/c1-15-6-3-7-16(12-15)14-26-23(29)20-21(28)19-10-5-11-25-22(19)27(24(20)30)17-8-4-9-18(13-17)31-2/h3-13,28H,14H2,1-2H3,(H,26,29). The molecule has 156 valence electrons. The van der Waals surface area contributed by atoms with Gasteiger partial charge in [-0.05, 0) is 36.8 Å². The third-order valence-corrected chi connectivity index (χ3v) is 4.98. The number of carbonyl (C=O) groups excluding carboxylic acids is 1. The van der Waals surface area contributed by atoms with E-state index in [1.807, 2.05) is 31.2 Å². The summed E-state index contributed by atoms with van der Waals surface area (Å²) in [4.78, 5) is 30.6. The van der Waals surface area contributed by atoms with Gasteiger partial charge in [-0.15, -0.1) is 0 Å². The number of benzene rings is 2. The number of aryl methyl sites for hydroxylation is 1. The Morgan fingerprint density at radius 3 is 2.71 bits per heavy atom. The molecule has 7 nitrogen and oxygen atoms in total. The van der Waals surface area contributed by atoms with Crippen LogP contribution in [0, 0.1) is 6.92 Å². The maximum atomic E-state index is 13.4. The second-order valence-corrected chi connectivity index (χ2v) is 7.11. The van der Waals surface area contributed by atoms with Crippen molar-refractivity contribution in [2.24, 2.45) is 0 Å². The number of nitrogens with zero attached hydrogens (tertiary/aromatic N) is 2. The van der Waals surface area contributed by atoms with Gasteiger partial charge >= 0.3 is 0 Å². The summed E-state index contributed by atoms with van der Waals surface area (Å²) in [7, 11) is 1.53. The molecule has 0 fully saturated rings. The van der Waals surface area contributed by atoms with Gasteiger partial charge in [0.25, 0.3) is 11.5 Å². The number of methoxy groups -OCH3 is 1. The Labute approximate surface area is 178 Å². The highest BCUT2D eigenvalue weighted by Gasteiger charge is 2.23. The average Bonchev–Trinajstić information content (AvgIpc) is 2.78. The predicted octanol–water partition coefficient (Wildman–Crippen LogP) is 3.34. The Bertz CT molecular complexity index is 1340. The summed E-state index contributed by atoms with van der Waals surface area (Å²) in [6.45, 7) is 2.18. The number of aromatic hydroxyl groups is 1. The van der Waals surface area contributed by atoms with Crippen molar-refractivity contribution < 1.29 is 14.6 Å². The van der Waals surface area contributed by atoms with Gasteiger partial charge < -0.3 is 15.2 Å². The minimum Gasteiger partial charge on any atom is -0.506 e. The molecule has 0 bridgehead atoms. The van der Waals surface area contributed by atoms with Crippen molar-refractivity contribution in [2.45, 2.75) is 13.5 Å². The highest BCUT2D eigenvalue weighted by molar-refractivity contribution is 6.02. The molecule has 2 aromatic heterocycles. The number of hydrogen-bond acceptors (Lipinski definition) is 5. The van der Waals surface area contributed by atoms with Crippen molar-refractivity contribution in [1.29, 1.82) is 0 Å². The molecule has 4 aromatic rings. The van der Waals surface area contributed by atoms with Crippen LogP contribution >= 0.6 is 0 Å². The van der Waals surface area contributed by atoms with Gasteiger partial charge in [-0.3, -0.25) is 14.2 Å². The monoisotopic (exact) mass is 415 g/mol. The number of nitrogens with one attached hydrogen (secondary N) is 1. The number of aromatic nitrogens is 2. The highest BCUT2D eigenvalue weighted by Crippen LogP contribution is 2.27. The van der Waals surface area contributed by atoms with Gasteiger partial charge in [0.1, 0.15) is 17.1 Å². The smallest absolute Gasteiger partial charge is 0.273 e. The summed E-state index contributed by atoms with van der Waals surface area (Å²) in [5, 5.41) is 13.8. The van der Waals surface area contributed by atoms with Crippen LogP contribution < -0.4 is 15.6 Å². The first kappa shape index (κ1) is 20.2. The van der Waals surface area contributed by atoms with Crippen LogP contribution in [0.25, 0.3) is 16.7 Å². The summed E-state index contributed by atoms with van der Waals surface area (Å²) in [5.41, 5.74) is 1.67. The Balaban J connectivity index is 1.84. The molecule has 7 heteroatoms. The van der Waals surface area contributed by atoms with E-state index in [1.165, 1.54) is 17.9 Å². The third-order valence-electron chi connectivity index (χ3n) is 4.98. The lowest BCUT2D eigenvalue weighted by molar-refractivity contribution is 0.0946. The fourth-order valence-corrected chi connectivity index (χ4v) is 3.49. The molecule has 0 atom stereocenters. The fraction of sp³-hybridized carbons (Fsp3) is 0.125. The van der Waals surface area contributed by atoms with Gasteiger partial charge in [-0.2, -0.15) is 0 Å². The average molecular weight is 415 g/mol. The van der Waals surface area contributed by atoms with Crippen molar-refractivity contribution in [1.82, 2.24) is 14.9 Å². The maximum absolute atomic E-state index is 13.4. The molecule has 0 saturated carbocycles. The van der Waals surface area contributed by atoms with E-state index in [2.05, 4.69) is 10.3 Å². The molecule has 4 rings (SSSR count). The van der Waals surface area contributed by atoms with Crippen molar-refractivity contribution in [3.8, 4) is 17.2 Å². The van der Waals surface area contributed by atoms with E-state index in [0.29, 0.717) is 16.8 Å². The molecule has 0 aliphatic carbocycles. The summed E-state index contributed by atoms with van der Waals surface area (Å²) in [6.07, 6.45) is 1.52. The molecule has 0 spiro atoms. The van der Waals surface area contributed by atoms with Crippen LogP contribution in [0.3, 0.4) is 0 Å². The first-order valence-corrected chi connectivity index (χ1v) is 9.70. The maximum Gasteiger partial charge on any atom is 0.273 e. The van der Waals surface area contributed by atoms with Crippen LogP contribution in [-0.2, 0) is 6.54 Å². The van der Waals surface area contributed by atoms with E-state index in [9.17, 15) is 14.7 Å². The van der Waals surface area contributed by atoms with E-state index in [0.717, 1.165) is 11.1 Å². The molecule has 1 amide bonds. The lowest BCUT2D eigenvalue weighted by Crippen LogP contribution is -2.33. The zero-order chi connectivity index (χ0) is 22.0. The van der Waals surface area contributed by atoms with Crippen LogP contribution in [-0.4, -0.2) is 27.7 Å². The molecule has 0 aliphatic rings. The van der Waals surface area contributed by atoms with Gasteiger partial charge in [0.05, 0.1) is 18.2 Å². The number of ether oxygens (including phenoxy) is 1. The molecule has 2 heterocycles. The minimum absolute atomic E-state index is 0.226. The number of fused-ring (bicyclic) bond motifs is 1. The minimum atomic E-state index is -0.668. The normalized spacial score (nSPS) is 10.8. The molecule has 0 saturated heterocycles. The van der Waals surface area contributed by atoms with Crippen LogP contribution in [0.2, 0.25) is 0 Å². The quantitative estimate of drug-likeness (QED) is 0.522. The molecular weight excluding hydrogens is 394 g/mol. The van der Waals surface area contributed by atoms with Gasteiger partial charge in [0, 0.05) is 18.8 Å². The zero-order valence-corrected chi connectivity index (χ0v) is 17.1. The molecule has 2 N–H and O–H groups in total. The van der Waals surface area contributed by atoms with Gasteiger partial charge in [0.2, 0.25) is 0 Å². The van der Waals surface area contributed by atoms with E-state index in [-0.39, 0.29) is 17.8 Å². The van der Waals surface area contributed by atoms with Gasteiger partial charge in [-0.1, -0.05) is 35.9 Å². The van der Waals surface area contributed by atoms with E-state index in [4.69, 9.17) is 4.74 Å². The van der Waals surface area contributed by atoms with Crippen molar-refractivity contribution in [3.63, 3.8) is 0 Å². The van der Waals surface area contributed by atoms with Gasteiger partial charge in [-0.25, -0.2) is 4.98 Å². The molecular formula is C24H21N3O4. The number of carbonyl (C=O) groups is 1. The number of pyridine rings is 2. The number of rotatable bonds is 5. The SMILES string of the molecule is COc1cccc(-n2c(=O)c(C(=O)NCc3cccc(C)c3)c(O)c3cccnc32)c1. The number of hydrogen-bond donors (Lipinski definition) is 2. The van der Waals surface area contributed by atoms with Crippen molar-refractivity contribution >= 4 is 16.9 Å². The summed E-state index contributed by atoms with van der Waals surface area (Å²) in [5.74, 6) is -0.507. The third kappa shape index (κ3) is 3.85. The van der Waals surface area contributed by atoms with Crippen LogP contribution in [0.1, 0.15) is 21.5 Å². The molecule has 0 unspecified atom stereocenters. The Hall–Kier alpha value is -4.13. The second kappa shape index (κ2) is 8.31. The first-order chi connectivity index (χ1) is 15.0. The Morgan fingerprint density at radius 2 is 1.94 bits per heavy atom. The zero-order valence-electron chi connectivity index (χ0n) is 17.1. The van der Waals surface area contributed by atoms with Crippen LogP contribution in [0.15, 0.2) is 71.7 Å². The summed E-state index contributed by atoms with van der Waals surface area (Å²) < 4.78 is 6.57. The molecule has 2 aromatic carbocycles. The summed E-state index contributed by atoms with van der Waals surface area (Å²) >= 11 is 0. The summed E-state index contributed by atoms with van der Waals surface area (Å²) in [6, 6.07) is 17.8. The second-order valence-electron chi connectivity index (χ2n) is 7.11. The lowest BCUT2D eigenvalue weighted by atomic mass is 10.1. The van der Waals surface area contributed by atoms with Crippen LogP contribution in [0.5, 0.6) is 11.5 Å². The molecule has 0 radical (unpaired) electrons. The largest absolute Gasteiger partial charge is 0.506 e. The Morgan fingerprint density at radius 1 is 1.13 bits per heavy atom. The first-order valence-electron chi connectivity index (χ1n) is 9.70. The molecule has 0 aliphatic heterocycles. The van der Waals surface area contributed by atoms with Gasteiger partial charge in [0.15, 0.2) is 5.65 Å². The Kier molecular flexibility index (Phi) is 5.41. The van der Waals surface area contributed by atoms with Crippen molar-refractivity contribution in [3.05, 3.63) is 93.9 Å². The molecule has 31 heavy (non-hydrogen) atoms. The van der Waals surface area contributed by atoms with Crippen LogP contribution in [0.4, 0.5) is 0 Å². The van der Waals surface area contributed by atoms with Crippen molar-refractivity contribution in [2.75, 3.05) is 7.11 Å². The van der Waals surface area contributed by atoms with E-state index in [1.54, 1.807) is 36.4 Å². The number of amides is 1. The fourth-order valence-electron chi connectivity index (χ4n) is 3.49. The van der Waals surface area contributed by atoms with E-state index >= 15 is 0 Å². The van der Waals surface area contributed by atoms with E-state index < -0.39 is 17.2 Å². The topological polar surface area (TPSA) is 93.5 Å². The lowest BCUT2D eigenvalue weighted by Gasteiger charge is -2.15. The predicted molar refractivity (Wildman–Crippen MR) is 118 cm³/mol. The highest BCUT2D eigenvalue weighted by atomic mass is 16.5.